The molecule has 3 rings (SSSR count). The van der Waals surface area contributed by atoms with E-state index < -0.39 is 0 Å². The molecular weight excluding hydrogens is 192 g/mol. The number of nitrogens with zero attached hydrogens (tertiary/aromatic N) is 3. The topological polar surface area (TPSA) is 66.0 Å². The van der Waals surface area contributed by atoms with Gasteiger partial charge in [0.05, 0.1) is 18.8 Å². The van der Waals surface area contributed by atoms with E-state index in [-0.39, 0.29) is 0 Å². The number of nitrogen functional groups attached to an aromatic ring is 1. The average Bonchev–Trinajstić information content (AvgIpc) is 2.84. The Bertz CT molecular complexity index is 347. The number of anilines is 1. The van der Waals surface area contributed by atoms with Gasteiger partial charge in [0.25, 0.3) is 0 Å². The molecule has 82 valence electrons. The zero-order chi connectivity index (χ0) is 10.3. The Kier molecular flexibility index (Phi) is 2.12. The van der Waals surface area contributed by atoms with Crippen LogP contribution in [-0.4, -0.2) is 27.0 Å². The number of ether oxygens (including phenoxy) is 1. The van der Waals surface area contributed by atoms with Gasteiger partial charge in [-0.1, -0.05) is 0 Å². The van der Waals surface area contributed by atoms with Gasteiger partial charge < -0.3 is 10.5 Å². The van der Waals surface area contributed by atoms with Crippen molar-refractivity contribution in [1.29, 1.82) is 0 Å². The molecule has 2 unspecified atom stereocenters. The summed E-state index contributed by atoms with van der Waals surface area (Å²) in [6, 6.07) is 0. The lowest BCUT2D eigenvalue weighted by Gasteiger charge is -2.12. The Morgan fingerprint density at radius 3 is 2.93 bits per heavy atom. The minimum Gasteiger partial charge on any atom is -0.373 e. The van der Waals surface area contributed by atoms with Crippen molar-refractivity contribution in [1.82, 2.24) is 14.8 Å². The maximum atomic E-state index is 5.97. The quantitative estimate of drug-likeness (QED) is 0.798. The van der Waals surface area contributed by atoms with Crippen LogP contribution in [0.5, 0.6) is 0 Å². The number of aromatic nitrogens is 3. The first kappa shape index (κ1) is 9.15. The van der Waals surface area contributed by atoms with Crippen LogP contribution < -0.4 is 5.73 Å². The SMILES string of the molecule is Nc1ncn(CC2CCC(C3CC3)O2)n1. The molecule has 2 atom stereocenters. The first-order valence-electron chi connectivity index (χ1n) is 5.61. The van der Waals surface area contributed by atoms with Crippen molar-refractivity contribution < 1.29 is 4.74 Å². The van der Waals surface area contributed by atoms with E-state index in [9.17, 15) is 0 Å². The van der Waals surface area contributed by atoms with Gasteiger partial charge in [0.15, 0.2) is 0 Å². The van der Waals surface area contributed by atoms with E-state index in [2.05, 4.69) is 10.1 Å². The molecule has 2 N–H and O–H groups in total. The fraction of sp³-hybridized carbons (Fsp3) is 0.800. The highest BCUT2D eigenvalue weighted by Crippen LogP contribution is 2.40. The second-order valence-electron chi connectivity index (χ2n) is 4.54. The third-order valence-electron chi connectivity index (χ3n) is 3.23. The van der Waals surface area contributed by atoms with E-state index >= 15 is 0 Å². The van der Waals surface area contributed by atoms with Crippen LogP contribution in [0.3, 0.4) is 0 Å². The van der Waals surface area contributed by atoms with E-state index in [1.807, 2.05) is 0 Å². The smallest absolute Gasteiger partial charge is 0.239 e. The normalized spacial score (nSPS) is 30.9. The Morgan fingerprint density at radius 2 is 2.27 bits per heavy atom. The van der Waals surface area contributed by atoms with Crippen LogP contribution in [0.15, 0.2) is 6.33 Å². The van der Waals surface area contributed by atoms with Gasteiger partial charge in [-0.15, -0.1) is 5.10 Å². The lowest BCUT2D eigenvalue weighted by Crippen LogP contribution is -2.18. The van der Waals surface area contributed by atoms with Crippen molar-refractivity contribution in [2.24, 2.45) is 5.92 Å². The third kappa shape index (κ3) is 1.97. The molecule has 0 radical (unpaired) electrons. The van der Waals surface area contributed by atoms with E-state index in [4.69, 9.17) is 10.5 Å². The van der Waals surface area contributed by atoms with Crippen molar-refractivity contribution in [2.75, 3.05) is 5.73 Å². The van der Waals surface area contributed by atoms with Gasteiger partial charge in [-0.3, -0.25) is 0 Å². The average molecular weight is 208 g/mol. The summed E-state index contributed by atoms with van der Waals surface area (Å²) < 4.78 is 7.74. The highest BCUT2D eigenvalue weighted by Gasteiger charge is 2.37. The van der Waals surface area contributed by atoms with Crippen LogP contribution >= 0.6 is 0 Å². The van der Waals surface area contributed by atoms with Gasteiger partial charge in [-0.05, 0) is 31.6 Å². The van der Waals surface area contributed by atoms with Crippen molar-refractivity contribution in [3.8, 4) is 0 Å². The number of nitrogens with two attached hydrogens (primary N) is 1. The Morgan fingerprint density at radius 1 is 1.40 bits per heavy atom. The third-order valence-corrected chi connectivity index (χ3v) is 3.23. The Hall–Kier alpha value is -1.10. The molecule has 1 aromatic rings. The van der Waals surface area contributed by atoms with Gasteiger partial charge in [0.2, 0.25) is 5.95 Å². The molecule has 0 spiro atoms. The highest BCUT2D eigenvalue weighted by molar-refractivity contribution is 5.09. The summed E-state index contributed by atoms with van der Waals surface area (Å²) in [6.45, 7) is 0.785. The molecule has 2 fully saturated rings. The predicted molar refractivity (Wildman–Crippen MR) is 55.1 cm³/mol. The van der Waals surface area contributed by atoms with Gasteiger partial charge >= 0.3 is 0 Å². The zero-order valence-electron chi connectivity index (χ0n) is 8.67. The molecule has 15 heavy (non-hydrogen) atoms. The lowest BCUT2D eigenvalue weighted by molar-refractivity contribution is 0.0225. The molecule has 0 bridgehead atoms. The van der Waals surface area contributed by atoms with Crippen LogP contribution in [0.1, 0.15) is 25.7 Å². The second kappa shape index (κ2) is 3.48. The van der Waals surface area contributed by atoms with Crippen LogP contribution in [0, 0.1) is 5.92 Å². The first-order valence-corrected chi connectivity index (χ1v) is 5.61. The van der Waals surface area contributed by atoms with Crippen molar-refractivity contribution in [3.05, 3.63) is 6.33 Å². The van der Waals surface area contributed by atoms with Crippen LogP contribution in [0.2, 0.25) is 0 Å². The van der Waals surface area contributed by atoms with Crippen molar-refractivity contribution >= 4 is 5.95 Å². The molecule has 1 aromatic heterocycles. The molecule has 1 saturated heterocycles. The summed E-state index contributed by atoms with van der Waals surface area (Å²) in [6.07, 6.45) is 7.54. The molecule has 2 heterocycles. The number of hydrogen-bond acceptors (Lipinski definition) is 4. The van der Waals surface area contributed by atoms with Crippen LogP contribution in [0.4, 0.5) is 5.95 Å². The Balaban J connectivity index is 1.56. The summed E-state index contributed by atoms with van der Waals surface area (Å²) in [5.74, 6) is 1.18. The van der Waals surface area contributed by atoms with Gasteiger partial charge in [0, 0.05) is 0 Å². The summed E-state index contributed by atoms with van der Waals surface area (Å²) in [4.78, 5) is 3.90. The molecule has 0 aromatic carbocycles. The largest absolute Gasteiger partial charge is 0.373 e. The molecule has 5 nitrogen and oxygen atoms in total. The number of rotatable bonds is 3. The molecule has 1 saturated carbocycles. The monoisotopic (exact) mass is 208 g/mol. The van der Waals surface area contributed by atoms with E-state index in [1.54, 1.807) is 11.0 Å². The van der Waals surface area contributed by atoms with E-state index in [0.29, 0.717) is 18.2 Å². The van der Waals surface area contributed by atoms with Crippen molar-refractivity contribution in [3.63, 3.8) is 0 Å². The molecular formula is C10H16N4O. The number of hydrogen-bond donors (Lipinski definition) is 1. The molecule has 1 aliphatic heterocycles. The first-order chi connectivity index (χ1) is 7.31. The van der Waals surface area contributed by atoms with Gasteiger partial charge in [0.1, 0.15) is 6.33 Å². The van der Waals surface area contributed by atoms with Gasteiger partial charge in [-0.25, -0.2) is 9.67 Å². The predicted octanol–water partition coefficient (Wildman–Crippen LogP) is 0.818. The summed E-state index contributed by atoms with van der Waals surface area (Å²) in [5.41, 5.74) is 5.45. The molecule has 0 amide bonds. The fourth-order valence-corrected chi connectivity index (χ4v) is 2.29. The summed E-state index contributed by atoms with van der Waals surface area (Å²) in [5, 5.41) is 4.06. The highest BCUT2D eigenvalue weighted by atomic mass is 16.5. The van der Waals surface area contributed by atoms with Crippen molar-refractivity contribution in [2.45, 2.75) is 44.4 Å². The van der Waals surface area contributed by atoms with Gasteiger partial charge in [-0.2, -0.15) is 0 Å². The minimum atomic E-state index is 0.302. The maximum Gasteiger partial charge on any atom is 0.239 e. The lowest BCUT2D eigenvalue weighted by atomic mass is 10.1. The minimum absolute atomic E-state index is 0.302. The Labute approximate surface area is 88.6 Å². The zero-order valence-corrected chi connectivity index (χ0v) is 8.67. The summed E-state index contributed by atoms with van der Waals surface area (Å²) in [7, 11) is 0. The fourth-order valence-electron chi connectivity index (χ4n) is 2.29. The van der Waals surface area contributed by atoms with E-state index in [1.165, 1.54) is 19.3 Å². The van der Waals surface area contributed by atoms with Crippen LogP contribution in [0.25, 0.3) is 0 Å². The maximum absolute atomic E-state index is 5.97. The molecule has 1 aliphatic carbocycles. The molecule has 2 aliphatic rings. The second-order valence-corrected chi connectivity index (χ2v) is 4.54. The molecule has 5 heteroatoms. The van der Waals surface area contributed by atoms with Crippen LogP contribution in [-0.2, 0) is 11.3 Å². The standard InChI is InChI=1S/C10H16N4O/c11-10-12-6-14(13-10)5-8-3-4-9(15-8)7-1-2-7/h6-9H,1-5H2,(H2,11,13). The summed E-state index contributed by atoms with van der Waals surface area (Å²) >= 11 is 0. The van der Waals surface area contributed by atoms with E-state index in [0.717, 1.165) is 18.9 Å².